The summed E-state index contributed by atoms with van der Waals surface area (Å²) in [5.74, 6) is 0.943. The maximum atomic E-state index is 11.9. The Morgan fingerprint density at radius 2 is 2.15 bits per heavy atom. The fourth-order valence-corrected chi connectivity index (χ4v) is 1.90. The van der Waals surface area contributed by atoms with E-state index in [1.165, 1.54) is 6.20 Å². The summed E-state index contributed by atoms with van der Waals surface area (Å²) in [5.41, 5.74) is 6.55. The third-order valence-electron chi connectivity index (χ3n) is 3.35. The highest BCUT2D eigenvalue weighted by Gasteiger charge is 2.16. The number of rotatable bonds is 7. The zero-order valence-electron chi connectivity index (χ0n) is 12.8. The van der Waals surface area contributed by atoms with Crippen LogP contribution < -0.4 is 10.6 Å². The highest BCUT2D eigenvalue weighted by atomic mass is 16.5. The van der Waals surface area contributed by atoms with Gasteiger partial charge in [-0.15, -0.1) is 0 Å². The number of hydrogen-bond acceptors (Lipinski definition) is 5. The number of anilines is 2. The van der Waals surface area contributed by atoms with Crippen molar-refractivity contribution in [2.75, 3.05) is 30.3 Å². The summed E-state index contributed by atoms with van der Waals surface area (Å²) in [5, 5.41) is 0. The first kappa shape index (κ1) is 16.3. The summed E-state index contributed by atoms with van der Waals surface area (Å²) in [6.07, 6.45) is 2.64. The molecule has 1 aromatic heterocycles. The first-order valence-corrected chi connectivity index (χ1v) is 7.20. The van der Waals surface area contributed by atoms with Crippen molar-refractivity contribution in [1.29, 1.82) is 0 Å². The Labute approximate surface area is 121 Å². The van der Waals surface area contributed by atoms with Crippen molar-refractivity contribution in [2.24, 2.45) is 5.92 Å². The highest BCUT2D eigenvalue weighted by Crippen LogP contribution is 2.20. The maximum absolute atomic E-state index is 11.9. The van der Waals surface area contributed by atoms with Crippen molar-refractivity contribution < 1.29 is 9.53 Å². The van der Waals surface area contributed by atoms with E-state index in [-0.39, 0.29) is 0 Å². The van der Waals surface area contributed by atoms with E-state index in [0.29, 0.717) is 23.8 Å². The van der Waals surface area contributed by atoms with Gasteiger partial charge < -0.3 is 15.4 Å². The lowest BCUT2D eigenvalue weighted by molar-refractivity contribution is 0.0527. The number of esters is 1. The second-order valence-corrected chi connectivity index (χ2v) is 4.90. The van der Waals surface area contributed by atoms with Gasteiger partial charge in [-0.1, -0.05) is 20.3 Å². The van der Waals surface area contributed by atoms with E-state index >= 15 is 0 Å². The minimum atomic E-state index is -0.395. The molecule has 1 heterocycles. The summed E-state index contributed by atoms with van der Waals surface area (Å²) < 4.78 is 5.01. The molecule has 0 spiro atoms. The van der Waals surface area contributed by atoms with Crippen molar-refractivity contribution >= 4 is 17.5 Å². The normalized spacial score (nSPS) is 12.0. The van der Waals surface area contributed by atoms with Crippen molar-refractivity contribution in [3.63, 3.8) is 0 Å². The molecule has 0 radical (unpaired) electrons. The molecule has 5 nitrogen and oxygen atoms in total. The van der Waals surface area contributed by atoms with Gasteiger partial charge in [0.1, 0.15) is 5.82 Å². The fraction of sp³-hybridized carbons (Fsp3) is 0.600. The zero-order valence-corrected chi connectivity index (χ0v) is 12.8. The number of aromatic nitrogens is 1. The molecule has 112 valence electrons. The Balaban J connectivity index is 3.00. The van der Waals surface area contributed by atoms with Crippen LogP contribution in [0.3, 0.4) is 0 Å². The van der Waals surface area contributed by atoms with Gasteiger partial charge in [0, 0.05) is 13.1 Å². The molecule has 1 unspecified atom stereocenters. The van der Waals surface area contributed by atoms with E-state index in [0.717, 1.165) is 25.3 Å². The Morgan fingerprint density at radius 3 is 2.70 bits per heavy atom. The number of carbonyl (C=O) groups is 1. The molecule has 0 fully saturated rings. The standard InChI is InChI=1S/C15H25N3O2/c1-5-11(4)10-18(6-2)14-8-12(13(16)9-17-14)15(19)20-7-3/h8-9,11H,5-7,10,16H2,1-4H3. The van der Waals surface area contributed by atoms with Crippen LogP contribution in [0.25, 0.3) is 0 Å². The summed E-state index contributed by atoms with van der Waals surface area (Å²) in [6.45, 7) is 10.3. The van der Waals surface area contributed by atoms with Crippen LogP contribution in [0.5, 0.6) is 0 Å². The van der Waals surface area contributed by atoms with Crippen LogP contribution in [-0.4, -0.2) is 30.6 Å². The van der Waals surface area contributed by atoms with E-state index in [2.05, 4.69) is 30.7 Å². The predicted octanol–water partition coefficient (Wildman–Crippen LogP) is 2.71. The largest absolute Gasteiger partial charge is 0.462 e. The van der Waals surface area contributed by atoms with Gasteiger partial charge in [-0.3, -0.25) is 0 Å². The molecule has 0 aliphatic rings. The minimum Gasteiger partial charge on any atom is -0.462 e. The van der Waals surface area contributed by atoms with Crippen molar-refractivity contribution in [1.82, 2.24) is 4.98 Å². The maximum Gasteiger partial charge on any atom is 0.340 e. The molecule has 0 saturated carbocycles. The molecule has 5 heteroatoms. The molecule has 0 aliphatic heterocycles. The second-order valence-electron chi connectivity index (χ2n) is 4.90. The van der Waals surface area contributed by atoms with Gasteiger partial charge in [-0.05, 0) is 25.8 Å². The Bertz CT molecular complexity index is 449. The van der Waals surface area contributed by atoms with Gasteiger partial charge >= 0.3 is 5.97 Å². The molecule has 0 bridgehead atoms. The molecule has 1 rings (SSSR count). The van der Waals surface area contributed by atoms with Crippen LogP contribution in [0.15, 0.2) is 12.3 Å². The fourth-order valence-electron chi connectivity index (χ4n) is 1.90. The first-order chi connectivity index (χ1) is 9.53. The number of nitrogens with two attached hydrogens (primary N) is 1. The monoisotopic (exact) mass is 279 g/mol. The minimum absolute atomic E-state index is 0.334. The van der Waals surface area contributed by atoms with Gasteiger partial charge in [0.2, 0.25) is 0 Å². The summed E-state index contributed by atoms with van der Waals surface area (Å²) >= 11 is 0. The van der Waals surface area contributed by atoms with Crippen molar-refractivity contribution in [3.05, 3.63) is 17.8 Å². The van der Waals surface area contributed by atoms with Crippen LogP contribution in [-0.2, 0) is 4.74 Å². The molecule has 0 aliphatic carbocycles. The molecular weight excluding hydrogens is 254 g/mol. The molecule has 0 amide bonds. The van der Waals surface area contributed by atoms with Crippen molar-refractivity contribution in [2.45, 2.75) is 34.1 Å². The number of pyridine rings is 1. The molecule has 1 atom stereocenters. The third kappa shape index (κ3) is 4.11. The molecule has 20 heavy (non-hydrogen) atoms. The first-order valence-electron chi connectivity index (χ1n) is 7.20. The molecule has 0 aromatic carbocycles. The quantitative estimate of drug-likeness (QED) is 0.777. The second kappa shape index (κ2) is 7.72. The topological polar surface area (TPSA) is 68.5 Å². The lowest BCUT2D eigenvalue weighted by Crippen LogP contribution is -2.29. The third-order valence-corrected chi connectivity index (χ3v) is 3.35. The summed E-state index contributed by atoms with van der Waals surface area (Å²) in [4.78, 5) is 18.3. The number of nitrogen functional groups attached to an aromatic ring is 1. The molecule has 2 N–H and O–H groups in total. The van der Waals surface area contributed by atoms with E-state index in [1.807, 2.05) is 0 Å². The van der Waals surface area contributed by atoms with Gasteiger partial charge in [0.05, 0.1) is 24.1 Å². The number of carbonyl (C=O) groups excluding carboxylic acids is 1. The average molecular weight is 279 g/mol. The van der Waals surface area contributed by atoms with E-state index in [1.54, 1.807) is 13.0 Å². The van der Waals surface area contributed by atoms with Crippen LogP contribution in [0, 0.1) is 5.92 Å². The van der Waals surface area contributed by atoms with E-state index in [4.69, 9.17) is 10.5 Å². The number of hydrogen-bond donors (Lipinski definition) is 1. The Morgan fingerprint density at radius 1 is 1.45 bits per heavy atom. The van der Waals surface area contributed by atoms with Gasteiger partial charge in [-0.2, -0.15) is 0 Å². The van der Waals surface area contributed by atoms with Gasteiger partial charge in [-0.25, -0.2) is 9.78 Å². The van der Waals surface area contributed by atoms with Crippen molar-refractivity contribution in [3.8, 4) is 0 Å². The summed E-state index contributed by atoms with van der Waals surface area (Å²) in [7, 11) is 0. The zero-order chi connectivity index (χ0) is 15.1. The Kier molecular flexibility index (Phi) is 6.28. The van der Waals surface area contributed by atoms with Crippen LogP contribution in [0.4, 0.5) is 11.5 Å². The number of nitrogens with zero attached hydrogens (tertiary/aromatic N) is 2. The lowest BCUT2D eigenvalue weighted by Gasteiger charge is -2.25. The van der Waals surface area contributed by atoms with Gasteiger partial charge in [0.25, 0.3) is 0 Å². The Hall–Kier alpha value is -1.78. The summed E-state index contributed by atoms with van der Waals surface area (Å²) in [6, 6.07) is 1.72. The lowest BCUT2D eigenvalue weighted by atomic mass is 10.1. The SMILES string of the molecule is CCOC(=O)c1cc(N(CC)CC(C)CC)ncc1N. The van der Waals surface area contributed by atoms with Gasteiger partial charge in [0.15, 0.2) is 0 Å². The molecular formula is C15H25N3O2. The smallest absolute Gasteiger partial charge is 0.340 e. The highest BCUT2D eigenvalue weighted by molar-refractivity contribution is 5.95. The van der Waals surface area contributed by atoms with Crippen LogP contribution in [0.1, 0.15) is 44.5 Å². The number of ether oxygens (including phenoxy) is 1. The van der Waals surface area contributed by atoms with Crippen LogP contribution in [0.2, 0.25) is 0 Å². The predicted molar refractivity (Wildman–Crippen MR) is 81.9 cm³/mol. The van der Waals surface area contributed by atoms with E-state index < -0.39 is 5.97 Å². The molecule has 1 aromatic rings. The molecule has 0 saturated heterocycles. The van der Waals surface area contributed by atoms with Crippen LogP contribution >= 0.6 is 0 Å². The van der Waals surface area contributed by atoms with E-state index in [9.17, 15) is 4.79 Å². The average Bonchev–Trinajstić information content (AvgIpc) is 2.45.